The first-order valence-electron chi connectivity index (χ1n) is 8.28. The average molecular weight is 381 g/mol. The third-order valence-electron chi connectivity index (χ3n) is 3.99. The van der Waals surface area contributed by atoms with E-state index >= 15 is 0 Å². The fraction of sp³-hybridized carbons (Fsp3) is 0.421. The third kappa shape index (κ3) is 4.30. The molecule has 1 heterocycles. The number of carbonyl (C=O) groups excluding carboxylic acids is 2. The molecule has 1 aromatic heterocycles. The number of Topliss-reactive ketones (excluding diaryl/α,β-unsaturated/α-hetero) is 1. The predicted octanol–water partition coefficient (Wildman–Crippen LogP) is 4.49. The van der Waals surface area contributed by atoms with Crippen molar-refractivity contribution in [1.29, 1.82) is 0 Å². The summed E-state index contributed by atoms with van der Waals surface area (Å²) in [6.07, 6.45) is 0. The van der Waals surface area contributed by atoms with Gasteiger partial charge in [-0.05, 0) is 45.0 Å². The summed E-state index contributed by atoms with van der Waals surface area (Å²) in [6.45, 7) is 7.82. The lowest BCUT2D eigenvalue weighted by molar-refractivity contribution is 0.0699. The molecule has 0 aliphatic rings. The number of benzene rings is 1. The van der Waals surface area contributed by atoms with E-state index in [0.717, 1.165) is 0 Å². The summed E-state index contributed by atoms with van der Waals surface area (Å²) in [6, 6.07) is 4.71. The molecule has 140 valence electrons. The maximum absolute atomic E-state index is 14.7. The van der Waals surface area contributed by atoms with Crippen LogP contribution in [0, 0.1) is 6.92 Å². The van der Waals surface area contributed by atoms with Gasteiger partial charge in [0.1, 0.15) is 17.3 Å². The average Bonchev–Trinajstić information content (AvgIpc) is 2.93. The van der Waals surface area contributed by atoms with Crippen LogP contribution in [0.5, 0.6) is 0 Å². The van der Waals surface area contributed by atoms with Gasteiger partial charge in [0.15, 0.2) is 11.5 Å². The monoisotopic (exact) mass is 380 g/mol. The summed E-state index contributed by atoms with van der Waals surface area (Å²) >= 11 is 5.83. The van der Waals surface area contributed by atoms with Gasteiger partial charge in [-0.2, -0.15) is 0 Å². The highest BCUT2D eigenvalue weighted by molar-refractivity contribution is 6.30. The normalized spacial score (nSPS) is 12.9. The summed E-state index contributed by atoms with van der Waals surface area (Å²) in [5.41, 5.74) is -1.09. The Kier molecular flexibility index (Phi) is 5.86. The van der Waals surface area contributed by atoms with Crippen LogP contribution in [-0.2, 0) is 0 Å². The number of hydrogen-bond acceptors (Lipinski definition) is 4. The van der Waals surface area contributed by atoms with Gasteiger partial charge in [-0.15, -0.1) is 0 Å². The molecule has 1 atom stereocenters. The van der Waals surface area contributed by atoms with Crippen LogP contribution in [0.25, 0.3) is 0 Å². The molecule has 1 unspecified atom stereocenters. The summed E-state index contributed by atoms with van der Waals surface area (Å²) in [5, 5.41) is 6.79. The number of hydrogen-bond donors (Lipinski definition) is 1. The summed E-state index contributed by atoms with van der Waals surface area (Å²) in [7, 11) is 0. The van der Waals surface area contributed by atoms with Crippen molar-refractivity contribution in [2.24, 2.45) is 0 Å². The summed E-state index contributed by atoms with van der Waals surface area (Å²) < 4.78 is 19.9. The largest absolute Gasteiger partial charge is 0.360 e. The molecule has 0 aliphatic heterocycles. The van der Waals surface area contributed by atoms with Gasteiger partial charge in [0.05, 0.1) is 5.69 Å². The van der Waals surface area contributed by atoms with Crippen molar-refractivity contribution in [1.82, 2.24) is 10.5 Å². The molecular formula is C19H22ClFN2O3. The van der Waals surface area contributed by atoms with E-state index in [1.807, 2.05) is 13.8 Å². The zero-order chi connectivity index (χ0) is 19.6. The Morgan fingerprint density at radius 3 is 2.31 bits per heavy atom. The standard InChI is InChI=1S/C19H22ClFN2O3/c1-10(2)16-14(11(3)23-26-16)18(25)22-17(19(4,5)21)15(24)12-6-8-13(20)9-7-12/h6-10,17H,1-5H3,(H,22,25). The zero-order valence-electron chi connectivity index (χ0n) is 15.4. The highest BCUT2D eigenvalue weighted by Crippen LogP contribution is 2.24. The zero-order valence-corrected chi connectivity index (χ0v) is 16.1. The van der Waals surface area contributed by atoms with Crippen molar-refractivity contribution in [3.05, 3.63) is 51.9 Å². The Morgan fingerprint density at radius 2 is 1.81 bits per heavy atom. The molecule has 1 N–H and O–H groups in total. The Hall–Kier alpha value is -2.21. The van der Waals surface area contributed by atoms with Gasteiger partial charge in [0, 0.05) is 16.5 Å². The van der Waals surface area contributed by atoms with Crippen LogP contribution in [0.2, 0.25) is 5.02 Å². The minimum absolute atomic E-state index is 0.0826. The van der Waals surface area contributed by atoms with Crippen molar-refractivity contribution in [3.63, 3.8) is 0 Å². The molecule has 5 nitrogen and oxygen atoms in total. The second-order valence-electron chi connectivity index (χ2n) is 7.00. The lowest BCUT2D eigenvalue weighted by atomic mass is 9.92. The lowest BCUT2D eigenvalue weighted by Crippen LogP contribution is -2.52. The number of aryl methyl sites for hydroxylation is 1. The number of rotatable bonds is 6. The Labute approximate surface area is 156 Å². The number of amides is 1. The van der Waals surface area contributed by atoms with E-state index in [4.69, 9.17) is 16.1 Å². The smallest absolute Gasteiger partial charge is 0.257 e. The third-order valence-corrected chi connectivity index (χ3v) is 4.25. The molecule has 2 rings (SSSR count). The van der Waals surface area contributed by atoms with Gasteiger partial charge in [-0.3, -0.25) is 9.59 Å². The Morgan fingerprint density at radius 1 is 1.23 bits per heavy atom. The molecule has 0 aliphatic carbocycles. The first-order chi connectivity index (χ1) is 12.0. The van der Waals surface area contributed by atoms with Gasteiger partial charge in [0.25, 0.3) is 5.91 Å². The number of halogens is 2. The SMILES string of the molecule is Cc1noc(C(C)C)c1C(=O)NC(C(=O)c1ccc(Cl)cc1)C(C)(C)F. The van der Waals surface area contributed by atoms with E-state index in [-0.39, 0.29) is 17.0 Å². The Balaban J connectivity index is 2.35. The van der Waals surface area contributed by atoms with Crippen molar-refractivity contribution in [2.75, 3.05) is 0 Å². The number of alkyl halides is 1. The first kappa shape index (κ1) is 20.1. The van der Waals surface area contributed by atoms with Crippen LogP contribution >= 0.6 is 11.6 Å². The van der Waals surface area contributed by atoms with E-state index in [1.54, 1.807) is 19.1 Å². The highest BCUT2D eigenvalue weighted by Gasteiger charge is 2.38. The second-order valence-corrected chi connectivity index (χ2v) is 7.44. The highest BCUT2D eigenvalue weighted by atomic mass is 35.5. The number of nitrogens with zero attached hydrogens (tertiary/aromatic N) is 1. The number of nitrogens with one attached hydrogen (secondary N) is 1. The maximum Gasteiger partial charge on any atom is 0.257 e. The molecule has 1 amide bonds. The van der Waals surface area contributed by atoms with Crippen LogP contribution in [0.1, 0.15) is 65.8 Å². The molecular weight excluding hydrogens is 359 g/mol. The fourth-order valence-electron chi connectivity index (χ4n) is 2.59. The molecule has 0 saturated heterocycles. The molecule has 0 spiro atoms. The van der Waals surface area contributed by atoms with Crippen LogP contribution in [0.4, 0.5) is 4.39 Å². The Bertz CT molecular complexity index is 807. The van der Waals surface area contributed by atoms with E-state index in [0.29, 0.717) is 16.5 Å². The van der Waals surface area contributed by atoms with Crippen LogP contribution in [0.15, 0.2) is 28.8 Å². The number of aromatic nitrogens is 1. The molecule has 0 bridgehead atoms. The van der Waals surface area contributed by atoms with E-state index in [2.05, 4.69) is 10.5 Å². The molecule has 26 heavy (non-hydrogen) atoms. The van der Waals surface area contributed by atoms with Crippen LogP contribution in [0.3, 0.4) is 0 Å². The number of ketones is 1. The molecule has 0 saturated carbocycles. The maximum atomic E-state index is 14.7. The van der Waals surface area contributed by atoms with Crippen molar-refractivity contribution < 1.29 is 18.5 Å². The summed E-state index contributed by atoms with van der Waals surface area (Å²) in [4.78, 5) is 25.5. The fourth-order valence-corrected chi connectivity index (χ4v) is 2.72. The van der Waals surface area contributed by atoms with Gasteiger partial charge in [0.2, 0.25) is 0 Å². The lowest BCUT2D eigenvalue weighted by Gasteiger charge is -2.27. The summed E-state index contributed by atoms with van der Waals surface area (Å²) in [5.74, 6) is -0.816. The molecule has 7 heteroatoms. The van der Waals surface area contributed by atoms with Gasteiger partial charge in [-0.25, -0.2) is 4.39 Å². The van der Waals surface area contributed by atoms with E-state index in [1.165, 1.54) is 26.0 Å². The van der Waals surface area contributed by atoms with Crippen molar-refractivity contribution in [3.8, 4) is 0 Å². The van der Waals surface area contributed by atoms with E-state index < -0.39 is 23.4 Å². The van der Waals surface area contributed by atoms with Crippen LogP contribution < -0.4 is 5.32 Å². The quantitative estimate of drug-likeness (QED) is 0.749. The van der Waals surface area contributed by atoms with Gasteiger partial charge in [-0.1, -0.05) is 30.6 Å². The van der Waals surface area contributed by atoms with Crippen molar-refractivity contribution >= 4 is 23.3 Å². The second kappa shape index (κ2) is 7.58. The predicted molar refractivity (Wildman–Crippen MR) is 97.6 cm³/mol. The van der Waals surface area contributed by atoms with Gasteiger partial charge < -0.3 is 9.84 Å². The van der Waals surface area contributed by atoms with Crippen LogP contribution in [-0.4, -0.2) is 28.6 Å². The number of carbonyl (C=O) groups is 2. The van der Waals surface area contributed by atoms with Crippen molar-refractivity contribution in [2.45, 2.75) is 52.2 Å². The topological polar surface area (TPSA) is 72.2 Å². The minimum Gasteiger partial charge on any atom is -0.360 e. The molecule has 2 aromatic rings. The first-order valence-corrected chi connectivity index (χ1v) is 8.66. The molecule has 1 aromatic carbocycles. The minimum atomic E-state index is -1.98. The molecule has 0 fully saturated rings. The van der Waals surface area contributed by atoms with E-state index in [9.17, 15) is 14.0 Å². The molecule has 0 radical (unpaired) electrons. The van der Waals surface area contributed by atoms with Gasteiger partial charge >= 0.3 is 0 Å².